The Labute approximate surface area is 221 Å². The molecule has 1 amide bonds. The predicted octanol–water partition coefficient (Wildman–Crippen LogP) is 5.56. The molecule has 0 bridgehead atoms. The number of alkyl halides is 2. The summed E-state index contributed by atoms with van der Waals surface area (Å²) >= 11 is 2.17. The summed E-state index contributed by atoms with van der Waals surface area (Å²) in [7, 11) is 1.92. The van der Waals surface area contributed by atoms with Gasteiger partial charge in [0.25, 0.3) is 6.43 Å². The maximum absolute atomic E-state index is 14.5. The molecule has 2 aliphatic rings. The van der Waals surface area contributed by atoms with E-state index in [1.54, 1.807) is 25.4 Å². The second kappa shape index (κ2) is 8.82. The molecule has 0 fully saturated rings. The summed E-state index contributed by atoms with van der Waals surface area (Å²) in [6.45, 7) is 3.41. The van der Waals surface area contributed by atoms with E-state index in [0.717, 1.165) is 64.1 Å². The van der Waals surface area contributed by atoms with Gasteiger partial charge in [-0.15, -0.1) is 5.10 Å². The summed E-state index contributed by atoms with van der Waals surface area (Å²) in [5.74, 6) is 0.787. The zero-order valence-corrected chi connectivity index (χ0v) is 22.2. The maximum Gasteiger partial charge on any atom is 0.264 e. The number of aryl methyl sites for hydroxylation is 2. The van der Waals surface area contributed by atoms with Crippen molar-refractivity contribution in [1.29, 1.82) is 0 Å². The Morgan fingerprint density at radius 3 is 2.78 bits per heavy atom. The highest BCUT2D eigenvalue weighted by Gasteiger charge is 2.32. The smallest absolute Gasteiger partial charge is 0.264 e. The minimum atomic E-state index is -2.63. The van der Waals surface area contributed by atoms with Crippen LogP contribution in [0.2, 0.25) is 0 Å². The SMILES string of the molecule is CC(=O)N1CCc2c(c(N3CCCc4cc(-c5cn(C)c6ccncc56)c(C(F)F)cc43)nn2I)C1. The number of fused-ring (bicyclic) bond motifs is 3. The van der Waals surface area contributed by atoms with Gasteiger partial charge >= 0.3 is 0 Å². The fraction of sp³-hybridized carbons (Fsp3) is 0.346. The first-order chi connectivity index (χ1) is 17.3. The minimum Gasteiger partial charge on any atom is -0.350 e. The van der Waals surface area contributed by atoms with E-state index in [4.69, 9.17) is 5.10 Å². The zero-order chi connectivity index (χ0) is 25.1. The highest BCUT2D eigenvalue weighted by atomic mass is 127. The molecule has 0 saturated carbocycles. The van der Waals surface area contributed by atoms with E-state index in [1.807, 2.05) is 37.7 Å². The van der Waals surface area contributed by atoms with Crippen LogP contribution in [0, 0.1) is 0 Å². The fourth-order valence-corrected chi connectivity index (χ4v) is 6.31. The van der Waals surface area contributed by atoms with Crippen molar-refractivity contribution < 1.29 is 13.6 Å². The lowest BCUT2D eigenvalue weighted by atomic mass is 9.91. The van der Waals surface area contributed by atoms with E-state index in [1.165, 1.54) is 0 Å². The molecule has 5 heterocycles. The summed E-state index contributed by atoms with van der Waals surface area (Å²) in [4.78, 5) is 20.2. The molecule has 186 valence electrons. The fourth-order valence-electron chi connectivity index (χ4n) is 5.58. The molecule has 4 aromatic rings. The number of benzene rings is 1. The lowest BCUT2D eigenvalue weighted by molar-refractivity contribution is -0.129. The normalized spacial score (nSPS) is 15.5. The first kappa shape index (κ1) is 23.4. The van der Waals surface area contributed by atoms with Crippen molar-refractivity contribution in [2.45, 2.75) is 39.2 Å². The quantitative estimate of drug-likeness (QED) is 0.288. The van der Waals surface area contributed by atoms with Crippen LogP contribution in [0.5, 0.6) is 0 Å². The maximum atomic E-state index is 14.5. The second-order valence-corrected chi connectivity index (χ2v) is 10.4. The van der Waals surface area contributed by atoms with Crippen LogP contribution in [0.15, 0.2) is 36.8 Å². The Morgan fingerprint density at radius 1 is 1.17 bits per heavy atom. The molecule has 0 N–H and O–H groups in total. The Hall–Kier alpha value is -3.02. The van der Waals surface area contributed by atoms with Crippen LogP contribution < -0.4 is 4.90 Å². The third kappa shape index (κ3) is 3.68. The molecule has 0 aliphatic carbocycles. The second-order valence-electron chi connectivity index (χ2n) is 9.47. The van der Waals surface area contributed by atoms with Crippen LogP contribution >= 0.6 is 22.9 Å². The number of nitrogens with zero attached hydrogens (tertiary/aromatic N) is 6. The summed E-state index contributed by atoms with van der Waals surface area (Å²) in [5.41, 5.74) is 6.16. The van der Waals surface area contributed by atoms with Gasteiger partial charge in [0, 0.05) is 79.8 Å². The minimum absolute atomic E-state index is 0.00476. The number of amides is 1. The molecule has 0 radical (unpaired) electrons. The van der Waals surface area contributed by atoms with Gasteiger partial charge in [0.05, 0.1) is 40.6 Å². The van der Waals surface area contributed by atoms with Crippen molar-refractivity contribution in [3.63, 3.8) is 0 Å². The van der Waals surface area contributed by atoms with E-state index in [0.29, 0.717) is 25.2 Å². The molecular formula is C26H25F2IN6O. The van der Waals surface area contributed by atoms with Gasteiger partial charge in [0.1, 0.15) is 0 Å². The molecule has 6 rings (SSSR count). The molecule has 10 heteroatoms. The standard InChI is InChI=1S/C26H25F2IN6O/c1-15(36)33-9-6-23-21(14-33)26(31-35(23)29)34-8-3-4-16-10-17(18(25(27)28)11-24(16)34)20-13-32(2)22-5-7-30-12-19(20)22/h5,7,10-13,25H,3-4,6,8-9,14H2,1-2H3. The van der Waals surface area contributed by atoms with Gasteiger partial charge in [0.2, 0.25) is 5.91 Å². The van der Waals surface area contributed by atoms with Crippen LogP contribution in [0.1, 0.15) is 42.2 Å². The number of aromatic nitrogens is 4. The molecule has 0 unspecified atom stereocenters. The zero-order valence-electron chi connectivity index (χ0n) is 20.0. The summed E-state index contributed by atoms with van der Waals surface area (Å²) in [6.07, 6.45) is 5.14. The van der Waals surface area contributed by atoms with Gasteiger partial charge in [0.15, 0.2) is 5.82 Å². The monoisotopic (exact) mass is 602 g/mol. The van der Waals surface area contributed by atoms with Crippen LogP contribution in [0.4, 0.5) is 20.3 Å². The first-order valence-electron chi connectivity index (χ1n) is 12.0. The van der Waals surface area contributed by atoms with E-state index in [2.05, 4.69) is 32.7 Å². The molecule has 2 aliphatic heterocycles. The van der Waals surface area contributed by atoms with Crippen molar-refractivity contribution in [2.75, 3.05) is 18.0 Å². The molecule has 0 saturated heterocycles. The molecule has 0 spiro atoms. The molecule has 7 nitrogen and oxygen atoms in total. The highest BCUT2D eigenvalue weighted by molar-refractivity contribution is 14.1. The largest absolute Gasteiger partial charge is 0.350 e. The van der Waals surface area contributed by atoms with Crippen LogP contribution in [0.25, 0.3) is 22.0 Å². The number of pyridine rings is 1. The van der Waals surface area contributed by atoms with Crippen LogP contribution in [-0.2, 0) is 31.2 Å². The number of hydrogen-bond donors (Lipinski definition) is 0. The molecule has 1 aromatic carbocycles. The summed E-state index contributed by atoms with van der Waals surface area (Å²) in [6, 6.07) is 5.48. The van der Waals surface area contributed by atoms with Gasteiger partial charge in [-0.2, -0.15) is 0 Å². The number of anilines is 2. The van der Waals surface area contributed by atoms with Crippen LogP contribution in [-0.4, -0.2) is 41.4 Å². The number of rotatable bonds is 3. The van der Waals surface area contributed by atoms with Crippen molar-refractivity contribution in [3.8, 4) is 11.1 Å². The average Bonchev–Trinajstić information content (AvgIpc) is 3.39. The van der Waals surface area contributed by atoms with Gasteiger partial charge in [-0.3, -0.25) is 9.78 Å². The van der Waals surface area contributed by atoms with Gasteiger partial charge in [-0.05, 0) is 42.2 Å². The van der Waals surface area contributed by atoms with E-state index < -0.39 is 6.43 Å². The van der Waals surface area contributed by atoms with Crippen molar-refractivity contribution in [2.24, 2.45) is 7.05 Å². The third-order valence-corrected chi connectivity index (χ3v) is 8.18. The van der Waals surface area contributed by atoms with E-state index >= 15 is 0 Å². The molecular weight excluding hydrogens is 577 g/mol. The Balaban J connectivity index is 1.50. The number of halogens is 3. The third-order valence-electron chi connectivity index (χ3n) is 7.38. The van der Waals surface area contributed by atoms with Gasteiger partial charge < -0.3 is 14.4 Å². The summed E-state index contributed by atoms with van der Waals surface area (Å²) in [5, 5.41) is 5.66. The Morgan fingerprint density at radius 2 is 2.00 bits per heavy atom. The summed E-state index contributed by atoms with van der Waals surface area (Å²) < 4.78 is 32.9. The number of hydrogen-bond acceptors (Lipinski definition) is 4. The predicted molar refractivity (Wildman–Crippen MR) is 143 cm³/mol. The van der Waals surface area contributed by atoms with Gasteiger partial charge in [-0.1, -0.05) is 0 Å². The Kier molecular flexibility index (Phi) is 5.73. The van der Waals surface area contributed by atoms with Crippen molar-refractivity contribution >= 4 is 51.2 Å². The lowest BCUT2D eigenvalue weighted by Crippen LogP contribution is -2.35. The first-order valence-corrected chi connectivity index (χ1v) is 12.9. The van der Waals surface area contributed by atoms with E-state index in [9.17, 15) is 13.6 Å². The van der Waals surface area contributed by atoms with Gasteiger partial charge in [-0.25, -0.2) is 11.7 Å². The number of carbonyl (C=O) groups excluding carboxylic acids is 1. The van der Waals surface area contributed by atoms with Crippen LogP contribution in [0.3, 0.4) is 0 Å². The molecule has 0 atom stereocenters. The lowest BCUT2D eigenvalue weighted by Gasteiger charge is -2.33. The average molecular weight is 602 g/mol. The number of carbonyl (C=O) groups is 1. The Bertz CT molecular complexity index is 1510. The highest BCUT2D eigenvalue weighted by Crippen LogP contribution is 2.44. The molecule has 36 heavy (non-hydrogen) atoms. The topological polar surface area (TPSA) is 59.2 Å². The molecule has 3 aromatic heterocycles. The van der Waals surface area contributed by atoms with Crippen molar-refractivity contribution in [1.82, 2.24) is 22.4 Å². The van der Waals surface area contributed by atoms with E-state index in [-0.39, 0.29) is 11.5 Å². The van der Waals surface area contributed by atoms with Crippen molar-refractivity contribution in [3.05, 3.63) is 59.2 Å².